The zero-order chi connectivity index (χ0) is 16.0. The minimum absolute atomic E-state index is 0.162. The van der Waals surface area contributed by atoms with Crippen LogP contribution in [0.25, 0.3) is 0 Å². The number of hydrogen-bond donors (Lipinski definition) is 1. The quantitative estimate of drug-likeness (QED) is 0.771. The van der Waals surface area contributed by atoms with Crippen molar-refractivity contribution in [2.75, 3.05) is 6.61 Å². The fourth-order valence-electron chi connectivity index (χ4n) is 1.91. The molecule has 0 saturated carbocycles. The molecule has 0 bridgehead atoms. The second kappa shape index (κ2) is 4.99. The van der Waals surface area contributed by atoms with E-state index in [-0.39, 0.29) is 6.61 Å². The largest absolute Gasteiger partial charge is 0.505 e. The molecule has 0 spiro atoms. The van der Waals surface area contributed by atoms with Crippen LogP contribution in [0.5, 0.6) is 0 Å². The summed E-state index contributed by atoms with van der Waals surface area (Å²) in [7, 11) is 0. The molecule has 0 radical (unpaired) electrons. The van der Waals surface area contributed by atoms with E-state index < -0.39 is 46.9 Å². The summed E-state index contributed by atoms with van der Waals surface area (Å²) in [6, 6.07) is 0. The van der Waals surface area contributed by atoms with Crippen molar-refractivity contribution < 1.29 is 33.6 Å². The third kappa shape index (κ3) is 3.19. The van der Waals surface area contributed by atoms with Crippen molar-refractivity contribution in [2.45, 2.75) is 52.6 Å². The average molecular weight is 300 g/mol. The molecule has 2 aliphatic rings. The van der Waals surface area contributed by atoms with Gasteiger partial charge in [0, 0.05) is 0 Å². The van der Waals surface area contributed by atoms with Gasteiger partial charge in [0.25, 0.3) is 5.76 Å². The smallest absolute Gasteiger partial charge is 0.378 e. The van der Waals surface area contributed by atoms with Crippen LogP contribution in [0.4, 0.5) is 0 Å². The number of hydrogen-bond acceptors (Lipinski definition) is 7. The molecule has 1 N–H and O–H groups in total. The van der Waals surface area contributed by atoms with E-state index in [0.717, 1.165) is 0 Å². The van der Waals surface area contributed by atoms with E-state index in [2.05, 4.69) is 0 Å². The third-order valence-corrected chi connectivity index (χ3v) is 3.10. The highest BCUT2D eigenvalue weighted by molar-refractivity contribution is 5.93. The van der Waals surface area contributed by atoms with Crippen LogP contribution in [-0.2, 0) is 28.5 Å². The number of carbonyl (C=O) groups excluding carboxylic acids is 2. The summed E-state index contributed by atoms with van der Waals surface area (Å²) in [5, 5.41) is 10.1. The Morgan fingerprint density at radius 3 is 2.48 bits per heavy atom. The van der Waals surface area contributed by atoms with Gasteiger partial charge in [-0.25, -0.2) is 4.79 Å². The van der Waals surface area contributed by atoms with Crippen molar-refractivity contribution in [3.8, 4) is 0 Å². The van der Waals surface area contributed by atoms with Crippen molar-refractivity contribution in [1.29, 1.82) is 0 Å². The SMILES string of the molecule is CC1(C)OC[C@@H]([C@H]2OC(=O)C(OC(=O)C(C)(C)C)=C2O)O1. The van der Waals surface area contributed by atoms with Gasteiger partial charge in [-0.1, -0.05) is 0 Å². The van der Waals surface area contributed by atoms with E-state index in [4.69, 9.17) is 18.9 Å². The number of aliphatic hydroxyl groups excluding tert-OH is 1. The van der Waals surface area contributed by atoms with Gasteiger partial charge in [-0.15, -0.1) is 0 Å². The number of esters is 2. The molecule has 1 fully saturated rings. The highest BCUT2D eigenvalue weighted by Crippen LogP contribution is 2.33. The Bertz CT molecular complexity index is 498. The van der Waals surface area contributed by atoms with E-state index in [1.54, 1.807) is 34.6 Å². The first kappa shape index (κ1) is 15.8. The number of cyclic esters (lactones) is 1. The first-order valence-corrected chi connectivity index (χ1v) is 6.69. The lowest BCUT2D eigenvalue weighted by molar-refractivity contribution is -0.164. The minimum atomic E-state index is -1.03. The summed E-state index contributed by atoms with van der Waals surface area (Å²) < 4.78 is 20.9. The Morgan fingerprint density at radius 2 is 2.00 bits per heavy atom. The maximum absolute atomic E-state index is 11.8. The van der Waals surface area contributed by atoms with Crippen LogP contribution in [0.1, 0.15) is 34.6 Å². The predicted molar refractivity (Wildman–Crippen MR) is 70.0 cm³/mol. The first-order valence-electron chi connectivity index (χ1n) is 6.69. The lowest BCUT2D eigenvalue weighted by atomic mass is 9.97. The Morgan fingerprint density at radius 1 is 1.38 bits per heavy atom. The van der Waals surface area contributed by atoms with Crippen LogP contribution in [0.15, 0.2) is 11.5 Å². The highest BCUT2D eigenvalue weighted by Gasteiger charge is 2.48. The summed E-state index contributed by atoms with van der Waals surface area (Å²) in [5.74, 6) is -3.26. The Labute approximate surface area is 122 Å². The number of ether oxygens (including phenoxy) is 4. The molecule has 7 heteroatoms. The zero-order valence-electron chi connectivity index (χ0n) is 12.8. The molecule has 21 heavy (non-hydrogen) atoms. The van der Waals surface area contributed by atoms with Crippen molar-refractivity contribution in [2.24, 2.45) is 5.41 Å². The van der Waals surface area contributed by atoms with Crippen LogP contribution in [0.3, 0.4) is 0 Å². The Balaban J connectivity index is 2.15. The highest BCUT2D eigenvalue weighted by atomic mass is 16.8. The molecule has 0 amide bonds. The summed E-state index contributed by atoms with van der Waals surface area (Å²) in [4.78, 5) is 23.6. The lowest BCUT2D eigenvalue weighted by Crippen LogP contribution is -2.32. The number of aliphatic hydroxyl groups is 1. The molecule has 118 valence electrons. The van der Waals surface area contributed by atoms with Gasteiger partial charge >= 0.3 is 11.9 Å². The fraction of sp³-hybridized carbons (Fsp3) is 0.714. The van der Waals surface area contributed by atoms with E-state index in [1.165, 1.54) is 0 Å². The van der Waals surface area contributed by atoms with Crippen LogP contribution >= 0.6 is 0 Å². The second-order valence-electron chi connectivity index (χ2n) is 6.55. The predicted octanol–water partition coefficient (Wildman–Crippen LogP) is 1.42. The fourth-order valence-corrected chi connectivity index (χ4v) is 1.91. The van der Waals surface area contributed by atoms with Crippen molar-refractivity contribution in [3.05, 3.63) is 11.5 Å². The topological polar surface area (TPSA) is 91.3 Å². The van der Waals surface area contributed by atoms with Crippen LogP contribution in [0, 0.1) is 5.41 Å². The summed E-state index contributed by atoms with van der Waals surface area (Å²) in [6.45, 7) is 8.51. The Hall–Kier alpha value is -1.60. The Kier molecular flexibility index (Phi) is 3.75. The average Bonchev–Trinajstić information content (AvgIpc) is 2.82. The molecule has 0 aliphatic carbocycles. The number of rotatable bonds is 2. The first-order chi connectivity index (χ1) is 9.51. The van der Waals surface area contributed by atoms with Gasteiger partial charge in [0.1, 0.15) is 6.10 Å². The van der Waals surface area contributed by atoms with Gasteiger partial charge in [0.2, 0.25) is 0 Å². The molecule has 1 saturated heterocycles. The molecule has 2 rings (SSSR count). The molecule has 0 aromatic heterocycles. The van der Waals surface area contributed by atoms with E-state index >= 15 is 0 Å². The van der Waals surface area contributed by atoms with Crippen molar-refractivity contribution in [3.63, 3.8) is 0 Å². The molecule has 0 aromatic carbocycles. The molecule has 0 unspecified atom stereocenters. The molecular weight excluding hydrogens is 280 g/mol. The maximum Gasteiger partial charge on any atom is 0.378 e. The summed E-state index contributed by atoms with van der Waals surface area (Å²) in [5.41, 5.74) is -0.805. The molecule has 2 heterocycles. The van der Waals surface area contributed by atoms with E-state index in [0.29, 0.717) is 0 Å². The van der Waals surface area contributed by atoms with E-state index in [9.17, 15) is 14.7 Å². The number of carbonyl (C=O) groups is 2. The van der Waals surface area contributed by atoms with Gasteiger partial charge in [-0.2, -0.15) is 0 Å². The van der Waals surface area contributed by atoms with Crippen LogP contribution < -0.4 is 0 Å². The van der Waals surface area contributed by atoms with Gasteiger partial charge in [-0.05, 0) is 34.6 Å². The normalized spacial score (nSPS) is 28.7. The van der Waals surface area contributed by atoms with Gasteiger partial charge in [0.15, 0.2) is 17.7 Å². The van der Waals surface area contributed by atoms with Gasteiger partial charge < -0.3 is 24.1 Å². The second-order valence-corrected chi connectivity index (χ2v) is 6.55. The third-order valence-electron chi connectivity index (χ3n) is 3.10. The van der Waals surface area contributed by atoms with Crippen molar-refractivity contribution in [1.82, 2.24) is 0 Å². The molecule has 0 aromatic rings. The van der Waals surface area contributed by atoms with Crippen LogP contribution in [-0.4, -0.2) is 41.6 Å². The molecular formula is C14H20O7. The lowest BCUT2D eigenvalue weighted by Gasteiger charge is -2.19. The molecule has 2 aliphatic heterocycles. The molecule has 7 nitrogen and oxygen atoms in total. The standard InChI is InChI=1S/C14H20O7/c1-13(2,3)12(17)20-10-8(15)9(19-11(10)16)7-6-18-14(4,5)21-7/h7,9,15H,6H2,1-5H3/t7-,9+/m0/s1. The monoisotopic (exact) mass is 300 g/mol. The minimum Gasteiger partial charge on any atom is -0.505 e. The maximum atomic E-state index is 11.8. The van der Waals surface area contributed by atoms with Crippen molar-refractivity contribution >= 4 is 11.9 Å². The van der Waals surface area contributed by atoms with E-state index in [1.807, 2.05) is 0 Å². The zero-order valence-corrected chi connectivity index (χ0v) is 12.8. The van der Waals surface area contributed by atoms with Crippen LogP contribution in [0.2, 0.25) is 0 Å². The van der Waals surface area contributed by atoms with Gasteiger partial charge in [0.05, 0.1) is 12.0 Å². The summed E-state index contributed by atoms with van der Waals surface area (Å²) in [6.07, 6.45) is -1.67. The summed E-state index contributed by atoms with van der Waals surface area (Å²) >= 11 is 0. The van der Waals surface area contributed by atoms with Gasteiger partial charge in [-0.3, -0.25) is 4.79 Å². The molecule has 2 atom stereocenters.